The molecule has 2 aliphatic carbocycles. The van der Waals surface area contributed by atoms with Crippen molar-refractivity contribution in [2.75, 3.05) is 7.05 Å². The molecule has 3 unspecified atom stereocenters. The second-order valence-corrected chi connectivity index (χ2v) is 9.60. The van der Waals surface area contributed by atoms with Gasteiger partial charge in [0.15, 0.2) is 0 Å². The van der Waals surface area contributed by atoms with Crippen molar-refractivity contribution >= 4 is 25.4 Å². The fourth-order valence-corrected chi connectivity index (χ4v) is 5.59. The molecule has 31 heavy (non-hydrogen) atoms. The Balaban J connectivity index is 1.66. The first-order valence-electron chi connectivity index (χ1n) is 11.0. The van der Waals surface area contributed by atoms with Crippen LogP contribution in [0.15, 0.2) is 90.0 Å². The summed E-state index contributed by atoms with van der Waals surface area (Å²) in [5.74, 6) is 1.43. The fraction of sp³-hybridized carbons (Fsp3) is 0.250. The van der Waals surface area contributed by atoms with Gasteiger partial charge in [-0.25, -0.2) is 0 Å². The maximum Gasteiger partial charge on any atom is 0.126 e. The molecule has 3 heteroatoms. The zero-order chi connectivity index (χ0) is 21.5. The van der Waals surface area contributed by atoms with Crippen LogP contribution in [0.5, 0.6) is 5.75 Å². The van der Waals surface area contributed by atoms with Crippen molar-refractivity contribution in [2.24, 2.45) is 16.8 Å². The normalized spacial score (nSPS) is 20.4. The number of phenols is 1. The highest BCUT2D eigenvalue weighted by atomic mass is 31.1. The summed E-state index contributed by atoms with van der Waals surface area (Å²) in [7, 11) is 2.20. The van der Waals surface area contributed by atoms with Gasteiger partial charge in [-0.15, -0.1) is 0 Å². The molecule has 0 heterocycles. The van der Waals surface area contributed by atoms with Crippen LogP contribution < -0.4 is 10.6 Å². The SMILES string of the molecule is C/N=C/c1ccccc1Pc1cc(CC2C=CC=CC2)cc(CC2C=CC=CC2)c1O. The van der Waals surface area contributed by atoms with Crippen LogP contribution in [0.1, 0.15) is 29.5 Å². The van der Waals surface area contributed by atoms with Gasteiger partial charge >= 0.3 is 0 Å². The summed E-state index contributed by atoms with van der Waals surface area (Å²) in [5, 5.41) is 13.5. The number of allylic oxidation sites excluding steroid dienone is 8. The van der Waals surface area contributed by atoms with Crippen LogP contribution in [0.25, 0.3) is 0 Å². The molecule has 3 atom stereocenters. The van der Waals surface area contributed by atoms with Crippen LogP contribution in [0, 0.1) is 11.8 Å². The highest BCUT2D eigenvalue weighted by Crippen LogP contribution is 2.30. The second kappa shape index (κ2) is 10.6. The van der Waals surface area contributed by atoms with Crippen molar-refractivity contribution in [1.82, 2.24) is 0 Å². The summed E-state index contributed by atoms with van der Waals surface area (Å²) in [5.41, 5.74) is 3.51. The van der Waals surface area contributed by atoms with Gasteiger partial charge in [-0.05, 0) is 65.6 Å². The Morgan fingerprint density at radius 3 is 2.32 bits per heavy atom. The van der Waals surface area contributed by atoms with E-state index in [1.54, 1.807) is 7.05 Å². The third-order valence-corrected chi connectivity index (χ3v) is 7.24. The van der Waals surface area contributed by atoms with Gasteiger partial charge in [0.25, 0.3) is 0 Å². The molecule has 1 N–H and O–H groups in total. The van der Waals surface area contributed by atoms with E-state index in [4.69, 9.17) is 0 Å². The average Bonchev–Trinajstić information content (AvgIpc) is 2.80. The summed E-state index contributed by atoms with van der Waals surface area (Å²) < 4.78 is 0. The zero-order valence-corrected chi connectivity index (χ0v) is 19.0. The van der Waals surface area contributed by atoms with Crippen LogP contribution in [0.4, 0.5) is 0 Å². The van der Waals surface area contributed by atoms with Gasteiger partial charge < -0.3 is 5.11 Å². The molecule has 0 radical (unpaired) electrons. The van der Waals surface area contributed by atoms with E-state index in [9.17, 15) is 5.11 Å². The number of phenolic OH excluding ortho intramolecular Hbond substituents is 1. The van der Waals surface area contributed by atoms with E-state index >= 15 is 0 Å². The van der Waals surface area contributed by atoms with Crippen molar-refractivity contribution in [3.63, 3.8) is 0 Å². The van der Waals surface area contributed by atoms with Gasteiger partial charge in [-0.1, -0.05) is 87.5 Å². The number of aliphatic imine (C=N–C) groups is 1. The minimum Gasteiger partial charge on any atom is -0.507 e. The first-order chi connectivity index (χ1) is 15.2. The number of aromatic hydroxyl groups is 1. The number of hydrogen-bond acceptors (Lipinski definition) is 2. The lowest BCUT2D eigenvalue weighted by Crippen LogP contribution is -2.13. The zero-order valence-electron chi connectivity index (χ0n) is 18.0. The summed E-state index contributed by atoms with van der Waals surface area (Å²) in [6.07, 6.45) is 23.4. The average molecular weight is 428 g/mol. The molecular formula is C28H30NOP. The Morgan fingerprint density at radius 1 is 0.935 bits per heavy atom. The molecular weight excluding hydrogens is 397 g/mol. The van der Waals surface area contributed by atoms with Gasteiger partial charge in [-0.3, -0.25) is 4.99 Å². The molecule has 158 valence electrons. The Hall–Kier alpha value is -2.70. The fourth-order valence-electron chi connectivity index (χ4n) is 4.29. The predicted octanol–water partition coefficient (Wildman–Crippen LogP) is 5.42. The minimum absolute atomic E-state index is 0.396. The Bertz CT molecular complexity index is 1060. The van der Waals surface area contributed by atoms with E-state index in [0.29, 0.717) is 26.2 Å². The van der Waals surface area contributed by atoms with Crippen LogP contribution >= 0.6 is 8.58 Å². The Morgan fingerprint density at radius 2 is 1.65 bits per heavy atom. The molecule has 0 bridgehead atoms. The molecule has 0 spiro atoms. The number of nitrogens with zero attached hydrogens (tertiary/aromatic N) is 1. The largest absolute Gasteiger partial charge is 0.507 e. The monoisotopic (exact) mass is 427 g/mol. The van der Waals surface area contributed by atoms with E-state index in [1.165, 1.54) is 10.9 Å². The molecule has 2 aromatic rings. The summed E-state index contributed by atoms with van der Waals surface area (Å²) in [6.45, 7) is 0. The van der Waals surface area contributed by atoms with Crippen LogP contribution in [0.2, 0.25) is 0 Å². The molecule has 0 saturated heterocycles. The van der Waals surface area contributed by atoms with Gasteiger partial charge in [0.05, 0.1) is 0 Å². The van der Waals surface area contributed by atoms with Gasteiger partial charge in [0.2, 0.25) is 0 Å². The smallest absolute Gasteiger partial charge is 0.126 e. The summed E-state index contributed by atoms with van der Waals surface area (Å²) in [6, 6.07) is 12.8. The number of rotatable bonds is 7. The molecule has 2 nitrogen and oxygen atoms in total. The van der Waals surface area contributed by atoms with Gasteiger partial charge in [-0.2, -0.15) is 0 Å². The topological polar surface area (TPSA) is 32.6 Å². The Labute approximate surface area is 187 Å². The highest BCUT2D eigenvalue weighted by Gasteiger charge is 2.17. The van der Waals surface area contributed by atoms with E-state index < -0.39 is 0 Å². The van der Waals surface area contributed by atoms with E-state index in [-0.39, 0.29) is 0 Å². The Kier molecular flexibility index (Phi) is 7.33. The van der Waals surface area contributed by atoms with E-state index in [0.717, 1.165) is 42.1 Å². The van der Waals surface area contributed by atoms with Crippen LogP contribution in [0.3, 0.4) is 0 Å². The maximum atomic E-state index is 11.2. The van der Waals surface area contributed by atoms with Crippen molar-refractivity contribution in [3.05, 3.63) is 102 Å². The van der Waals surface area contributed by atoms with E-state index in [2.05, 4.69) is 83.9 Å². The lowest BCUT2D eigenvalue weighted by Gasteiger charge is -2.20. The molecule has 2 aromatic carbocycles. The molecule has 0 aromatic heterocycles. The summed E-state index contributed by atoms with van der Waals surface area (Å²) in [4.78, 5) is 4.21. The molecule has 2 aliphatic rings. The first kappa shape index (κ1) is 21.5. The van der Waals surface area contributed by atoms with Crippen molar-refractivity contribution in [1.29, 1.82) is 0 Å². The van der Waals surface area contributed by atoms with Crippen molar-refractivity contribution in [3.8, 4) is 5.75 Å². The highest BCUT2D eigenvalue weighted by molar-refractivity contribution is 7.56. The lowest BCUT2D eigenvalue weighted by molar-refractivity contribution is 0.467. The third kappa shape index (κ3) is 5.71. The molecule has 0 saturated carbocycles. The molecule has 0 amide bonds. The van der Waals surface area contributed by atoms with Crippen LogP contribution in [-0.4, -0.2) is 18.4 Å². The quantitative estimate of drug-likeness (QED) is 0.464. The lowest BCUT2D eigenvalue weighted by atomic mass is 9.89. The maximum absolute atomic E-state index is 11.2. The van der Waals surface area contributed by atoms with Crippen molar-refractivity contribution in [2.45, 2.75) is 25.7 Å². The number of hydrogen-bond donors (Lipinski definition) is 1. The second-order valence-electron chi connectivity index (χ2n) is 8.28. The molecule has 0 fully saturated rings. The van der Waals surface area contributed by atoms with Crippen LogP contribution in [-0.2, 0) is 12.8 Å². The summed E-state index contributed by atoms with van der Waals surface area (Å²) >= 11 is 0. The predicted molar refractivity (Wildman–Crippen MR) is 136 cm³/mol. The van der Waals surface area contributed by atoms with Gasteiger partial charge in [0.1, 0.15) is 5.75 Å². The van der Waals surface area contributed by atoms with Crippen molar-refractivity contribution < 1.29 is 5.11 Å². The molecule has 4 rings (SSSR count). The third-order valence-electron chi connectivity index (χ3n) is 5.87. The number of benzene rings is 2. The first-order valence-corrected chi connectivity index (χ1v) is 12.0. The minimum atomic E-state index is 0.396. The molecule has 0 aliphatic heterocycles. The standard InChI is InChI=1S/C28H30NOP/c1-29-20-24-14-8-9-15-26(24)31-27-19-23(16-21-10-4-2-5-11-21)18-25(28(27)30)17-22-12-6-3-7-13-22/h2-10,12,14-15,18-22,30-31H,11,13,16-17H2,1H3/b29-20+. The van der Waals surface area contributed by atoms with E-state index in [1.807, 2.05) is 12.3 Å². The van der Waals surface area contributed by atoms with Gasteiger partial charge in [0, 0.05) is 18.6 Å².